The van der Waals surface area contributed by atoms with E-state index < -0.39 is 0 Å². The van der Waals surface area contributed by atoms with Crippen LogP contribution in [0.15, 0.2) is 5.38 Å². The maximum absolute atomic E-state index is 11.1. The minimum Gasteiger partial charge on any atom is -0.469 e. The van der Waals surface area contributed by atoms with Crippen LogP contribution < -0.4 is 0 Å². The van der Waals surface area contributed by atoms with E-state index in [0.717, 1.165) is 10.7 Å². The van der Waals surface area contributed by atoms with E-state index >= 15 is 0 Å². The Morgan fingerprint density at radius 1 is 1.44 bits per heavy atom. The molecule has 102 valence electrons. The monoisotopic (exact) mass is 271 g/mol. The number of nitrogens with zero attached hydrogens (tertiary/aromatic N) is 1. The van der Waals surface area contributed by atoms with Crippen LogP contribution in [0.1, 0.15) is 44.0 Å². The quantitative estimate of drug-likeness (QED) is 0.772. The number of thiazole rings is 1. The second kappa shape index (κ2) is 6.29. The van der Waals surface area contributed by atoms with E-state index in [1.807, 2.05) is 5.38 Å². The van der Waals surface area contributed by atoms with E-state index in [0.29, 0.717) is 12.8 Å². The van der Waals surface area contributed by atoms with Crippen LogP contribution >= 0.6 is 11.3 Å². The molecule has 0 aliphatic heterocycles. The maximum Gasteiger partial charge on any atom is 0.305 e. The second-order valence-electron chi connectivity index (χ2n) is 5.23. The molecule has 1 heterocycles. The lowest BCUT2D eigenvalue weighted by molar-refractivity contribution is -0.140. The van der Waals surface area contributed by atoms with E-state index in [2.05, 4.69) is 30.5 Å². The van der Waals surface area contributed by atoms with Crippen molar-refractivity contribution in [1.29, 1.82) is 0 Å². The van der Waals surface area contributed by atoms with Crippen LogP contribution in [0, 0.1) is 5.41 Å². The first-order chi connectivity index (χ1) is 8.38. The van der Waals surface area contributed by atoms with Gasteiger partial charge in [0, 0.05) is 18.9 Å². The number of ether oxygens (including phenoxy) is 2. The van der Waals surface area contributed by atoms with E-state index in [4.69, 9.17) is 4.74 Å². The molecule has 1 unspecified atom stereocenters. The molecule has 5 heteroatoms. The molecule has 0 saturated carbocycles. The first kappa shape index (κ1) is 15.1. The molecule has 1 aromatic heterocycles. The van der Waals surface area contributed by atoms with Gasteiger partial charge in [0.05, 0.1) is 19.2 Å². The highest BCUT2D eigenvalue weighted by Gasteiger charge is 2.28. The van der Waals surface area contributed by atoms with Crippen LogP contribution in [0.2, 0.25) is 0 Å². The third-order valence-electron chi connectivity index (χ3n) is 2.63. The van der Waals surface area contributed by atoms with Crippen LogP contribution in [-0.4, -0.2) is 25.2 Å². The number of aryl methyl sites for hydroxylation is 1. The molecule has 0 fully saturated rings. The molecule has 0 aliphatic rings. The van der Waals surface area contributed by atoms with Gasteiger partial charge in [0.1, 0.15) is 11.1 Å². The SMILES string of the molecule is COC(=O)CCc1csc(C(OC)C(C)(C)C)n1. The smallest absolute Gasteiger partial charge is 0.305 e. The fraction of sp³-hybridized carbons (Fsp3) is 0.692. The first-order valence-corrected chi connectivity index (χ1v) is 6.80. The van der Waals surface area contributed by atoms with E-state index in [9.17, 15) is 4.79 Å². The molecule has 0 spiro atoms. The van der Waals surface area contributed by atoms with E-state index in [1.54, 1.807) is 18.4 Å². The number of aromatic nitrogens is 1. The highest BCUT2D eigenvalue weighted by molar-refractivity contribution is 7.09. The molecule has 0 aliphatic carbocycles. The normalized spacial score (nSPS) is 13.4. The van der Waals surface area contributed by atoms with Crippen LogP contribution in [0.4, 0.5) is 0 Å². The average molecular weight is 271 g/mol. The summed E-state index contributed by atoms with van der Waals surface area (Å²) in [5.74, 6) is -0.205. The Morgan fingerprint density at radius 3 is 2.61 bits per heavy atom. The van der Waals surface area contributed by atoms with Crippen molar-refractivity contribution in [3.8, 4) is 0 Å². The highest BCUT2D eigenvalue weighted by atomic mass is 32.1. The summed E-state index contributed by atoms with van der Waals surface area (Å²) in [6.07, 6.45) is 0.964. The minimum absolute atomic E-state index is 0.00617. The number of methoxy groups -OCH3 is 2. The third-order valence-corrected chi connectivity index (χ3v) is 3.57. The summed E-state index contributed by atoms with van der Waals surface area (Å²) in [4.78, 5) is 15.6. The summed E-state index contributed by atoms with van der Waals surface area (Å²) in [6, 6.07) is 0. The van der Waals surface area contributed by atoms with Crippen molar-refractivity contribution in [2.45, 2.75) is 39.7 Å². The van der Waals surface area contributed by atoms with E-state index in [-0.39, 0.29) is 17.5 Å². The molecule has 1 atom stereocenters. The lowest BCUT2D eigenvalue weighted by Crippen LogP contribution is -2.20. The number of carbonyl (C=O) groups excluding carboxylic acids is 1. The van der Waals surface area contributed by atoms with Gasteiger partial charge in [-0.2, -0.15) is 0 Å². The Labute approximate surface area is 112 Å². The molecule has 4 nitrogen and oxygen atoms in total. The Bertz CT molecular complexity index is 395. The number of carbonyl (C=O) groups is 1. The predicted octanol–water partition coefficient (Wildman–Crippen LogP) is 2.98. The Hall–Kier alpha value is -0.940. The molecule has 1 rings (SSSR count). The topological polar surface area (TPSA) is 48.4 Å². The van der Waals surface area contributed by atoms with Crippen molar-refractivity contribution < 1.29 is 14.3 Å². The number of hydrogen-bond acceptors (Lipinski definition) is 5. The van der Waals surface area contributed by atoms with Crippen LogP contribution in [0.3, 0.4) is 0 Å². The minimum atomic E-state index is -0.205. The fourth-order valence-corrected chi connectivity index (χ4v) is 2.89. The summed E-state index contributed by atoms with van der Waals surface area (Å²) in [7, 11) is 3.10. The van der Waals surface area contributed by atoms with Gasteiger partial charge < -0.3 is 9.47 Å². The molecular formula is C13H21NO3S. The van der Waals surface area contributed by atoms with Crippen molar-refractivity contribution in [2.75, 3.05) is 14.2 Å². The van der Waals surface area contributed by atoms with Gasteiger partial charge in [-0.05, 0) is 5.41 Å². The average Bonchev–Trinajstić information content (AvgIpc) is 2.73. The summed E-state index contributed by atoms with van der Waals surface area (Å²) in [5, 5.41) is 2.95. The number of rotatable bonds is 5. The molecule has 18 heavy (non-hydrogen) atoms. The van der Waals surface area contributed by atoms with Crippen molar-refractivity contribution in [3.05, 3.63) is 16.1 Å². The number of hydrogen-bond donors (Lipinski definition) is 0. The van der Waals surface area contributed by atoms with Gasteiger partial charge in [0.25, 0.3) is 0 Å². The molecule has 0 bridgehead atoms. The molecule has 0 amide bonds. The highest BCUT2D eigenvalue weighted by Crippen LogP contribution is 2.36. The van der Waals surface area contributed by atoms with Gasteiger partial charge in [0.15, 0.2) is 0 Å². The second-order valence-corrected chi connectivity index (χ2v) is 6.12. The standard InChI is InChI=1S/C13H21NO3S/c1-13(2,3)11(17-5)12-14-9(8-18-12)6-7-10(15)16-4/h8,11H,6-7H2,1-5H3. The Kier molecular flexibility index (Phi) is 5.28. The van der Waals surface area contributed by atoms with Crippen LogP contribution in [-0.2, 0) is 20.7 Å². The molecule has 0 aromatic carbocycles. The van der Waals surface area contributed by atoms with Gasteiger partial charge in [-0.25, -0.2) is 4.98 Å². The molecule has 0 N–H and O–H groups in total. The number of esters is 1. The summed E-state index contributed by atoms with van der Waals surface area (Å²) in [5.41, 5.74) is 0.929. The van der Waals surface area contributed by atoms with Crippen molar-refractivity contribution in [3.63, 3.8) is 0 Å². The van der Waals surface area contributed by atoms with Gasteiger partial charge in [-0.3, -0.25) is 4.79 Å². The fourth-order valence-electron chi connectivity index (χ4n) is 1.71. The van der Waals surface area contributed by atoms with Gasteiger partial charge >= 0.3 is 5.97 Å². The van der Waals surface area contributed by atoms with Gasteiger partial charge in [-0.15, -0.1) is 11.3 Å². The predicted molar refractivity (Wildman–Crippen MR) is 71.7 cm³/mol. The molecular weight excluding hydrogens is 250 g/mol. The largest absolute Gasteiger partial charge is 0.469 e. The zero-order valence-electron chi connectivity index (χ0n) is 11.6. The Balaban J connectivity index is 2.70. The summed E-state index contributed by atoms with van der Waals surface area (Å²) in [6.45, 7) is 6.37. The van der Waals surface area contributed by atoms with Crippen LogP contribution in [0.25, 0.3) is 0 Å². The van der Waals surface area contributed by atoms with Crippen molar-refractivity contribution >= 4 is 17.3 Å². The molecule has 0 saturated heterocycles. The molecule has 1 aromatic rings. The maximum atomic E-state index is 11.1. The zero-order chi connectivity index (χ0) is 13.8. The van der Waals surface area contributed by atoms with E-state index in [1.165, 1.54) is 7.11 Å². The third kappa shape index (κ3) is 4.07. The van der Waals surface area contributed by atoms with Crippen molar-refractivity contribution in [2.24, 2.45) is 5.41 Å². The molecule has 0 radical (unpaired) electrons. The Morgan fingerprint density at radius 2 is 2.11 bits per heavy atom. The summed E-state index contributed by atoms with van der Waals surface area (Å²) >= 11 is 1.58. The first-order valence-electron chi connectivity index (χ1n) is 5.92. The van der Waals surface area contributed by atoms with Gasteiger partial charge in [0.2, 0.25) is 0 Å². The lowest BCUT2D eigenvalue weighted by atomic mass is 9.89. The van der Waals surface area contributed by atoms with Crippen molar-refractivity contribution in [1.82, 2.24) is 4.98 Å². The summed E-state index contributed by atoms with van der Waals surface area (Å²) < 4.78 is 10.1. The lowest BCUT2D eigenvalue weighted by Gasteiger charge is -2.27. The van der Waals surface area contributed by atoms with Crippen LogP contribution in [0.5, 0.6) is 0 Å². The zero-order valence-corrected chi connectivity index (χ0v) is 12.5. The van der Waals surface area contributed by atoms with Gasteiger partial charge in [-0.1, -0.05) is 20.8 Å².